The van der Waals surface area contributed by atoms with Crippen molar-refractivity contribution in [2.45, 2.75) is 6.54 Å². The van der Waals surface area contributed by atoms with E-state index in [1.807, 2.05) is 30.3 Å². The first-order valence-corrected chi connectivity index (χ1v) is 11.2. The molecule has 148 valence electrons. The van der Waals surface area contributed by atoms with Crippen LogP contribution in [0.5, 0.6) is 0 Å². The molecule has 1 aliphatic heterocycles. The lowest BCUT2D eigenvalue weighted by molar-refractivity contribution is 0.104. The number of sulfonamides is 1. The summed E-state index contributed by atoms with van der Waals surface area (Å²) in [7, 11) is -4.10. The number of hydrogen-bond acceptors (Lipinski definition) is 5. The van der Waals surface area contributed by atoms with Crippen molar-refractivity contribution in [2.24, 2.45) is 0 Å². The summed E-state index contributed by atoms with van der Waals surface area (Å²) >= 11 is 6.94. The van der Waals surface area contributed by atoms with Gasteiger partial charge in [0, 0.05) is 11.9 Å². The summed E-state index contributed by atoms with van der Waals surface area (Å²) in [5.74, 6) is -1.18. The molecule has 1 aromatic heterocycles. The molecule has 0 unspecified atom stereocenters. The van der Waals surface area contributed by atoms with E-state index >= 15 is 0 Å². The van der Waals surface area contributed by atoms with Gasteiger partial charge in [0.05, 0.1) is 17.3 Å². The second kappa shape index (κ2) is 7.62. The van der Waals surface area contributed by atoms with E-state index in [2.05, 4.69) is 5.32 Å². The molecule has 0 radical (unpaired) electrons. The molecule has 29 heavy (non-hydrogen) atoms. The maximum atomic E-state index is 13.3. The molecular formula is C20H14ClFN2O3S2. The Hall–Kier alpha value is -2.68. The summed E-state index contributed by atoms with van der Waals surface area (Å²) in [6.07, 6.45) is 1.13. The molecule has 0 saturated carbocycles. The van der Waals surface area contributed by atoms with E-state index in [0.717, 1.165) is 17.8 Å². The number of anilines is 2. The summed E-state index contributed by atoms with van der Waals surface area (Å²) in [6.45, 7) is 0.0971. The van der Waals surface area contributed by atoms with Crippen molar-refractivity contribution < 1.29 is 17.6 Å². The summed E-state index contributed by atoms with van der Waals surface area (Å²) in [5, 5.41) is 4.31. The lowest BCUT2D eigenvalue weighted by Gasteiger charge is -2.29. The zero-order valence-electron chi connectivity index (χ0n) is 14.8. The number of nitrogens with one attached hydrogen (secondary N) is 1. The van der Waals surface area contributed by atoms with Gasteiger partial charge in [0.25, 0.3) is 10.0 Å². The van der Waals surface area contributed by atoms with Crippen LogP contribution in [0.1, 0.15) is 15.2 Å². The second-order valence-corrected chi connectivity index (χ2v) is 9.40. The molecule has 0 fully saturated rings. The van der Waals surface area contributed by atoms with E-state index in [-0.39, 0.29) is 16.5 Å². The Morgan fingerprint density at radius 1 is 1.14 bits per heavy atom. The molecule has 0 atom stereocenters. The lowest BCUT2D eigenvalue weighted by Crippen LogP contribution is -2.38. The number of nitrogens with zero attached hydrogens (tertiary/aromatic N) is 1. The van der Waals surface area contributed by atoms with Gasteiger partial charge in [0.1, 0.15) is 10.7 Å². The Morgan fingerprint density at radius 3 is 2.62 bits per heavy atom. The highest BCUT2D eigenvalue weighted by atomic mass is 35.5. The number of rotatable bonds is 4. The fraction of sp³-hybridized carbons (Fsp3) is 0.0500. The van der Waals surface area contributed by atoms with Crippen LogP contribution in [0.15, 0.2) is 71.1 Å². The number of benzene rings is 2. The third kappa shape index (κ3) is 3.66. The van der Waals surface area contributed by atoms with Gasteiger partial charge in [0.15, 0.2) is 4.91 Å². The van der Waals surface area contributed by atoms with Crippen LogP contribution in [-0.2, 0) is 16.6 Å². The Balaban J connectivity index is 1.74. The number of allylic oxidation sites excluding steroid dienone is 1. The van der Waals surface area contributed by atoms with E-state index in [9.17, 15) is 17.6 Å². The van der Waals surface area contributed by atoms with Crippen molar-refractivity contribution >= 4 is 50.1 Å². The number of halogens is 2. The Labute approximate surface area is 176 Å². The number of carbonyl (C=O) groups is 1. The van der Waals surface area contributed by atoms with E-state index in [1.54, 1.807) is 11.4 Å². The summed E-state index contributed by atoms with van der Waals surface area (Å²) in [4.78, 5) is 12.8. The van der Waals surface area contributed by atoms with Gasteiger partial charge in [-0.1, -0.05) is 41.9 Å². The highest BCUT2D eigenvalue weighted by Gasteiger charge is 2.41. The van der Waals surface area contributed by atoms with Crippen LogP contribution in [0, 0.1) is 5.82 Å². The number of hydrogen-bond donors (Lipinski definition) is 1. The summed E-state index contributed by atoms with van der Waals surface area (Å²) in [6, 6.07) is 14.6. The molecule has 2 aromatic carbocycles. The SMILES string of the molecule is O=C1C(=CNc2ccc(F)c(Cl)c2)S(=O)(=O)N(Cc2ccccc2)c2ccsc21. The number of ketones is 1. The van der Waals surface area contributed by atoms with Crippen molar-refractivity contribution in [3.63, 3.8) is 0 Å². The first-order chi connectivity index (χ1) is 13.9. The minimum Gasteiger partial charge on any atom is -0.360 e. The van der Waals surface area contributed by atoms with Crippen LogP contribution in [0.3, 0.4) is 0 Å². The van der Waals surface area contributed by atoms with Crippen LogP contribution in [0.2, 0.25) is 5.02 Å². The fourth-order valence-corrected chi connectivity index (χ4v) is 5.60. The molecule has 0 bridgehead atoms. The first kappa shape index (κ1) is 19.6. The van der Waals surface area contributed by atoms with Gasteiger partial charge in [-0.2, -0.15) is 0 Å². The maximum absolute atomic E-state index is 13.3. The van der Waals surface area contributed by atoms with E-state index in [0.29, 0.717) is 16.3 Å². The molecule has 0 saturated heterocycles. The van der Waals surface area contributed by atoms with E-state index < -0.39 is 21.6 Å². The molecule has 3 aromatic rings. The molecule has 4 rings (SSSR count). The largest absolute Gasteiger partial charge is 0.360 e. The molecule has 0 spiro atoms. The molecule has 5 nitrogen and oxygen atoms in total. The predicted molar refractivity (Wildman–Crippen MR) is 113 cm³/mol. The fourth-order valence-electron chi connectivity index (χ4n) is 2.94. The summed E-state index contributed by atoms with van der Waals surface area (Å²) in [5.41, 5.74) is 1.52. The third-order valence-corrected chi connectivity index (χ3v) is 7.33. The van der Waals surface area contributed by atoms with Crippen molar-refractivity contribution in [1.82, 2.24) is 0 Å². The first-order valence-electron chi connectivity index (χ1n) is 8.48. The molecule has 1 aliphatic rings. The number of fused-ring (bicyclic) bond motifs is 1. The van der Waals surface area contributed by atoms with Crippen molar-refractivity contribution in [1.29, 1.82) is 0 Å². The zero-order chi connectivity index (χ0) is 20.6. The number of thiophene rings is 1. The van der Waals surface area contributed by atoms with Gasteiger partial charge in [-0.3, -0.25) is 9.10 Å². The maximum Gasteiger partial charge on any atom is 0.270 e. The average molecular weight is 449 g/mol. The highest BCUT2D eigenvalue weighted by Crippen LogP contribution is 2.39. The Bertz CT molecular complexity index is 1220. The van der Waals surface area contributed by atoms with E-state index in [4.69, 9.17) is 11.6 Å². The van der Waals surface area contributed by atoms with Gasteiger partial charge in [-0.15, -0.1) is 11.3 Å². The standard InChI is InChI=1S/C20H14ClFN2O3S2/c21-15-10-14(6-7-16(15)22)23-11-18-19(25)20-17(8-9-28-20)24(29(18,26)27)12-13-4-2-1-3-5-13/h1-11,23H,12H2. The van der Waals surface area contributed by atoms with Crippen LogP contribution in [-0.4, -0.2) is 14.2 Å². The van der Waals surface area contributed by atoms with Gasteiger partial charge in [-0.05, 0) is 35.2 Å². The van der Waals surface area contributed by atoms with Crippen LogP contribution in [0.25, 0.3) is 0 Å². The van der Waals surface area contributed by atoms with Crippen molar-refractivity contribution in [3.8, 4) is 0 Å². The Morgan fingerprint density at radius 2 is 1.90 bits per heavy atom. The minimum absolute atomic E-state index is 0.0971. The average Bonchev–Trinajstić information content (AvgIpc) is 3.18. The highest BCUT2D eigenvalue weighted by molar-refractivity contribution is 7.97. The molecule has 0 amide bonds. The summed E-state index contributed by atoms with van der Waals surface area (Å²) < 4.78 is 41.1. The van der Waals surface area contributed by atoms with Crippen LogP contribution in [0.4, 0.5) is 15.8 Å². The number of Topliss-reactive ketones (excluding diaryl/α,β-unsaturated/α-hetero) is 1. The quantitative estimate of drug-likeness (QED) is 0.568. The normalized spacial score (nSPS) is 16.7. The molecule has 0 aliphatic carbocycles. The van der Waals surface area contributed by atoms with Crippen LogP contribution >= 0.6 is 22.9 Å². The van der Waals surface area contributed by atoms with Crippen LogP contribution < -0.4 is 9.62 Å². The van der Waals surface area contributed by atoms with Gasteiger partial charge in [0.2, 0.25) is 5.78 Å². The molecule has 9 heteroatoms. The molecular weight excluding hydrogens is 435 g/mol. The van der Waals surface area contributed by atoms with Gasteiger partial charge < -0.3 is 5.32 Å². The molecule has 1 N–H and O–H groups in total. The molecule has 2 heterocycles. The zero-order valence-corrected chi connectivity index (χ0v) is 17.2. The van der Waals surface area contributed by atoms with Crippen molar-refractivity contribution in [2.75, 3.05) is 9.62 Å². The predicted octanol–water partition coefficient (Wildman–Crippen LogP) is 5.03. The monoisotopic (exact) mass is 448 g/mol. The smallest absolute Gasteiger partial charge is 0.270 e. The number of carbonyl (C=O) groups excluding carboxylic acids is 1. The minimum atomic E-state index is -4.10. The van der Waals surface area contributed by atoms with Crippen molar-refractivity contribution in [3.05, 3.63) is 92.4 Å². The topological polar surface area (TPSA) is 66.5 Å². The van der Waals surface area contributed by atoms with Gasteiger partial charge >= 0.3 is 0 Å². The Kier molecular flexibility index (Phi) is 5.16. The van der Waals surface area contributed by atoms with E-state index in [1.165, 1.54) is 27.8 Å². The lowest BCUT2D eigenvalue weighted by atomic mass is 10.2. The van der Waals surface area contributed by atoms with Gasteiger partial charge in [-0.25, -0.2) is 12.8 Å². The second-order valence-electron chi connectivity index (χ2n) is 6.24. The third-order valence-electron chi connectivity index (χ3n) is 4.37.